The third-order valence-corrected chi connectivity index (χ3v) is 7.59. The quantitative estimate of drug-likeness (QED) is 0.391. The zero-order valence-corrected chi connectivity index (χ0v) is 22.8. The van der Waals surface area contributed by atoms with E-state index in [-0.39, 0.29) is 11.9 Å². The van der Waals surface area contributed by atoms with Gasteiger partial charge < -0.3 is 18.9 Å². The fourth-order valence-corrected chi connectivity index (χ4v) is 5.27. The van der Waals surface area contributed by atoms with E-state index in [1.54, 1.807) is 14.2 Å². The van der Waals surface area contributed by atoms with Crippen molar-refractivity contribution in [2.45, 2.75) is 44.6 Å². The lowest BCUT2D eigenvalue weighted by Crippen LogP contribution is -2.35. The lowest BCUT2D eigenvalue weighted by atomic mass is 9.93. The molecule has 0 N–H and O–H groups in total. The van der Waals surface area contributed by atoms with E-state index >= 15 is 0 Å². The van der Waals surface area contributed by atoms with Crippen molar-refractivity contribution in [1.82, 2.24) is 14.5 Å². The number of benzene rings is 2. The van der Waals surface area contributed by atoms with Gasteiger partial charge in [0, 0.05) is 50.3 Å². The number of carbonyl (C=O) groups is 1. The Balaban J connectivity index is 1.21. The van der Waals surface area contributed by atoms with Crippen LogP contribution in [-0.4, -0.2) is 72.4 Å². The molecule has 2 aliphatic heterocycles. The molecule has 3 heterocycles. The number of methoxy groups -OCH3 is 2. The van der Waals surface area contributed by atoms with E-state index in [4.69, 9.17) is 14.5 Å². The molecule has 1 aromatic heterocycles. The summed E-state index contributed by atoms with van der Waals surface area (Å²) in [6.07, 6.45) is 8.90. The number of hydrogen-bond donors (Lipinski definition) is 0. The largest absolute Gasteiger partial charge is 0.497 e. The van der Waals surface area contributed by atoms with Gasteiger partial charge in [-0.1, -0.05) is 18.2 Å². The van der Waals surface area contributed by atoms with Crippen molar-refractivity contribution in [1.29, 1.82) is 0 Å². The van der Waals surface area contributed by atoms with Crippen molar-refractivity contribution in [2.75, 3.05) is 33.9 Å². The fraction of sp³-hybridized carbons (Fsp3) is 0.419. The monoisotopic (exact) mass is 527 g/mol. The summed E-state index contributed by atoms with van der Waals surface area (Å²) in [5, 5.41) is 0. The number of aliphatic imine (C=N–C) groups is 2. The van der Waals surface area contributed by atoms with Crippen molar-refractivity contribution >= 4 is 18.0 Å². The molecule has 0 spiro atoms. The molecule has 1 saturated heterocycles. The van der Waals surface area contributed by atoms with Crippen molar-refractivity contribution in [3.8, 4) is 22.7 Å². The third-order valence-electron chi connectivity index (χ3n) is 7.59. The molecular weight excluding hydrogens is 490 g/mol. The van der Waals surface area contributed by atoms with Gasteiger partial charge in [-0.15, -0.1) is 0 Å². The van der Waals surface area contributed by atoms with Crippen LogP contribution in [0.4, 0.5) is 0 Å². The summed E-state index contributed by atoms with van der Waals surface area (Å²) in [6.45, 7) is 2.51. The molecule has 2 unspecified atom stereocenters. The van der Waals surface area contributed by atoms with E-state index < -0.39 is 0 Å². The summed E-state index contributed by atoms with van der Waals surface area (Å²) >= 11 is 0. The van der Waals surface area contributed by atoms with Crippen LogP contribution in [0.25, 0.3) is 16.9 Å². The molecule has 5 rings (SSSR count). The number of para-hydroxylation sites is 1. The number of carbonyl (C=O) groups excluding carboxylic acids is 1. The van der Waals surface area contributed by atoms with Gasteiger partial charge in [-0.25, -0.2) is 15.0 Å². The highest BCUT2D eigenvalue weighted by atomic mass is 16.5. The van der Waals surface area contributed by atoms with Crippen LogP contribution in [0.5, 0.6) is 5.75 Å². The fourth-order valence-electron chi connectivity index (χ4n) is 5.27. The first-order valence-corrected chi connectivity index (χ1v) is 13.8. The number of rotatable bonds is 9. The number of ketones is 1. The van der Waals surface area contributed by atoms with E-state index in [1.165, 1.54) is 0 Å². The minimum atomic E-state index is -0.0238. The van der Waals surface area contributed by atoms with Gasteiger partial charge in [-0.2, -0.15) is 0 Å². The number of aromatic nitrogens is 2. The number of nitrogens with zero attached hydrogens (tertiary/aromatic N) is 5. The van der Waals surface area contributed by atoms with Gasteiger partial charge in [0.2, 0.25) is 5.96 Å². The molecule has 0 amide bonds. The highest BCUT2D eigenvalue weighted by molar-refractivity contribution is 5.90. The molecule has 0 aliphatic carbocycles. The molecule has 8 heteroatoms. The number of ether oxygens (including phenoxy) is 2. The topological polar surface area (TPSA) is 81.3 Å². The minimum Gasteiger partial charge on any atom is -0.497 e. The van der Waals surface area contributed by atoms with Crippen LogP contribution in [0.1, 0.15) is 37.9 Å². The predicted octanol–water partition coefficient (Wildman–Crippen LogP) is 5.00. The molecule has 204 valence electrons. The maximum Gasteiger partial charge on any atom is 0.220 e. The molecule has 0 saturated carbocycles. The average molecular weight is 528 g/mol. The van der Waals surface area contributed by atoms with E-state index in [0.717, 1.165) is 73.3 Å². The van der Waals surface area contributed by atoms with Crippen LogP contribution in [0.15, 0.2) is 70.8 Å². The second kappa shape index (κ2) is 12.8. The van der Waals surface area contributed by atoms with Crippen LogP contribution in [-0.2, 0) is 16.0 Å². The third kappa shape index (κ3) is 6.81. The second-order valence-electron chi connectivity index (χ2n) is 10.2. The number of hydrogen-bond acceptors (Lipinski definition) is 7. The number of likely N-dealkylation sites (tertiary alicyclic amines) is 1. The Morgan fingerprint density at radius 3 is 2.56 bits per heavy atom. The Labute approximate surface area is 230 Å². The zero-order chi connectivity index (χ0) is 27.0. The van der Waals surface area contributed by atoms with Gasteiger partial charge in [0.05, 0.1) is 25.8 Å². The first kappa shape index (κ1) is 26.8. The maximum atomic E-state index is 13.2. The lowest BCUT2D eigenvalue weighted by Gasteiger charge is -2.24. The molecule has 39 heavy (non-hydrogen) atoms. The van der Waals surface area contributed by atoms with Gasteiger partial charge in [0.15, 0.2) is 0 Å². The smallest absolute Gasteiger partial charge is 0.220 e. The van der Waals surface area contributed by atoms with E-state index in [2.05, 4.69) is 14.9 Å². The number of guanidine groups is 1. The molecule has 3 aromatic rings. The van der Waals surface area contributed by atoms with Gasteiger partial charge >= 0.3 is 0 Å². The van der Waals surface area contributed by atoms with E-state index in [1.807, 2.05) is 71.6 Å². The lowest BCUT2D eigenvalue weighted by molar-refractivity contribution is -0.118. The summed E-state index contributed by atoms with van der Waals surface area (Å²) < 4.78 is 12.7. The Morgan fingerprint density at radius 1 is 1.03 bits per heavy atom. The second-order valence-corrected chi connectivity index (χ2v) is 10.2. The van der Waals surface area contributed by atoms with Crippen molar-refractivity contribution in [3.63, 3.8) is 0 Å². The first-order valence-electron chi connectivity index (χ1n) is 13.8. The molecule has 2 atom stereocenters. The molecule has 0 radical (unpaired) electrons. The standard InChI is InChI=1S/C31H37N5O3/c1-38-27-14-11-24(12-15-27)29-22-36(25-8-4-3-5-9-25)30(34-29)19-26(37)13-10-23-7-6-17-35(18-16-23)31-32-20-28(39-2)21-33-31/h3-5,8-9,11-12,14-15,20,22-23,28H,6-7,10,13,16-19,21H2,1-2H3. The van der Waals surface area contributed by atoms with Crippen LogP contribution < -0.4 is 4.74 Å². The van der Waals surface area contributed by atoms with Crippen LogP contribution >= 0.6 is 0 Å². The molecule has 2 aliphatic rings. The molecule has 2 aromatic carbocycles. The van der Waals surface area contributed by atoms with Gasteiger partial charge in [-0.3, -0.25) is 4.79 Å². The van der Waals surface area contributed by atoms with Gasteiger partial charge in [0.1, 0.15) is 23.5 Å². The summed E-state index contributed by atoms with van der Waals surface area (Å²) in [5.74, 6) is 3.15. The highest BCUT2D eigenvalue weighted by Gasteiger charge is 2.22. The zero-order valence-electron chi connectivity index (χ0n) is 22.8. The van der Waals surface area contributed by atoms with E-state index in [9.17, 15) is 4.79 Å². The summed E-state index contributed by atoms with van der Waals surface area (Å²) in [4.78, 5) is 29.5. The molecular formula is C31H37N5O3. The SMILES string of the molecule is COc1ccc(-c2cn(-c3ccccc3)c(CC(=O)CCC3CCCN(C4=NCC(OC)C=N4)CC3)n2)cc1. The normalized spacial score (nSPS) is 19.4. The summed E-state index contributed by atoms with van der Waals surface area (Å²) in [5.41, 5.74) is 2.84. The van der Waals surface area contributed by atoms with Crippen LogP contribution in [0.3, 0.4) is 0 Å². The molecule has 1 fully saturated rings. The minimum absolute atomic E-state index is 0.0238. The Bertz CT molecular complexity index is 1300. The van der Waals surface area contributed by atoms with Gasteiger partial charge in [0.25, 0.3) is 0 Å². The summed E-state index contributed by atoms with van der Waals surface area (Å²) in [6, 6.07) is 17.9. The molecule has 8 nitrogen and oxygen atoms in total. The first-order chi connectivity index (χ1) is 19.1. The van der Waals surface area contributed by atoms with Crippen LogP contribution in [0, 0.1) is 5.92 Å². The average Bonchev–Trinajstić information content (AvgIpc) is 3.25. The van der Waals surface area contributed by atoms with E-state index in [0.29, 0.717) is 25.3 Å². The maximum absolute atomic E-state index is 13.2. The number of Topliss-reactive ketones (excluding diaryl/α,β-unsaturated/α-hetero) is 1. The van der Waals surface area contributed by atoms with Gasteiger partial charge in [-0.05, 0) is 68.0 Å². The Kier molecular flexibility index (Phi) is 8.83. The Hall–Kier alpha value is -3.78. The van der Waals surface area contributed by atoms with Crippen molar-refractivity contribution in [3.05, 3.63) is 66.6 Å². The van der Waals surface area contributed by atoms with Crippen molar-refractivity contribution in [2.24, 2.45) is 15.9 Å². The predicted molar refractivity (Wildman–Crippen MR) is 154 cm³/mol. The Morgan fingerprint density at radius 2 is 1.85 bits per heavy atom. The highest BCUT2D eigenvalue weighted by Crippen LogP contribution is 2.26. The van der Waals surface area contributed by atoms with Crippen LogP contribution in [0.2, 0.25) is 0 Å². The summed E-state index contributed by atoms with van der Waals surface area (Å²) in [7, 11) is 3.34. The van der Waals surface area contributed by atoms with Crippen molar-refractivity contribution < 1.29 is 14.3 Å². The number of imidazole rings is 1. The molecule has 0 bridgehead atoms.